The average Bonchev–Trinajstić information content (AvgIpc) is 3.08. The van der Waals surface area contributed by atoms with Crippen molar-refractivity contribution in [3.05, 3.63) is 71.4 Å². The third kappa shape index (κ3) is 2.96. The van der Waals surface area contributed by atoms with Crippen molar-refractivity contribution < 1.29 is 9.53 Å². The van der Waals surface area contributed by atoms with Crippen molar-refractivity contribution >= 4 is 5.91 Å². The number of nitrogens with zero attached hydrogens (tertiary/aromatic N) is 3. The zero-order chi connectivity index (χ0) is 18.1. The molecule has 3 aromatic rings. The third-order valence-electron chi connectivity index (χ3n) is 4.90. The zero-order valence-corrected chi connectivity index (χ0v) is 15.0. The number of methoxy groups -OCH3 is 1. The van der Waals surface area contributed by atoms with Gasteiger partial charge < -0.3 is 9.64 Å². The molecule has 1 aliphatic heterocycles. The first-order chi connectivity index (χ1) is 12.7. The molecule has 26 heavy (non-hydrogen) atoms. The lowest BCUT2D eigenvalue weighted by Crippen LogP contribution is -2.36. The van der Waals surface area contributed by atoms with Gasteiger partial charge in [-0.2, -0.15) is 5.10 Å². The Hall–Kier alpha value is -3.08. The van der Waals surface area contributed by atoms with Gasteiger partial charge in [-0.15, -0.1) is 0 Å². The van der Waals surface area contributed by atoms with Crippen molar-refractivity contribution in [2.45, 2.75) is 13.0 Å². The van der Waals surface area contributed by atoms with E-state index < -0.39 is 0 Å². The van der Waals surface area contributed by atoms with Gasteiger partial charge in [0.15, 0.2) is 5.69 Å². The fourth-order valence-corrected chi connectivity index (χ4v) is 3.43. The molecule has 0 N–H and O–H groups in total. The summed E-state index contributed by atoms with van der Waals surface area (Å²) in [5.41, 5.74) is 4.95. The standard InChI is InChI=1S/C21H21N3O2/c1-23-20(16-7-9-18(26-2)10-8-16)13-19(22-23)21(25)24-12-11-15-5-3-4-6-17(15)14-24/h3-10,13H,11-12,14H2,1-2H3. The summed E-state index contributed by atoms with van der Waals surface area (Å²) in [5, 5.41) is 4.45. The number of amides is 1. The molecule has 2 heterocycles. The zero-order valence-electron chi connectivity index (χ0n) is 15.0. The lowest BCUT2D eigenvalue weighted by molar-refractivity contribution is 0.0728. The number of carbonyl (C=O) groups excluding carboxylic acids is 1. The Balaban J connectivity index is 1.58. The largest absolute Gasteiger partial charge is 0.497 e. The molecule has 4 rings (SSSR count). The topological polar surface area (TPSA) is 47.4 Å². The van der Waals surface area contributed by atoms with E-state index in [1.165, 1.54) is 11.1 Å². The molecule has 0 atom stereocenters. The molecule has 5 heteroatoms. The van der Waals surface area contributed by atoms with Crippen molar-refractivity contribution in [2.75, 3.05) is 13.7 Å². The molecule has 0 spiro atoms. The van der Waals surface area contributed by atoms with E-state index in [1.807, 2.05) is 48.3 Å². The summed E-state index contributed by atoms with van der Waals surface area (Å²) >= 11 is 0. The van der Waals surface area contributed by atoms with Crippen LogP contribution < -0.4 is 4.74 Å². The van der Waals surface area contributed by atoms with Gasteiger partial charge in [-0.05, 0) is 47.9 Å². The van der Waals surface area contributed by atoms with Gasteiger partial charge in [0.1, 0.15) is 5.75 Å². The van der Waals surface area contributed by atoms with Crippen LogP contribution in [0.3, 0.4) is 0 Å². The molecular formula is C21H21N3O2. The fourth-order valence-electron chi connectivity index (χ4n) is 3.43. The maximum absolute atomic E-state index is 12.9. The number of benzene rings is 2. The molecule has 1 aromatic heterocycles. The number of aromatic nitrogens is 2. The van der Waals surface area contributed by atoms with E-state index in [1.54, 1.807) is 11.8 Å². The van der Waals surface area contributed by atoms with Crippen LogP contribution in [-0.4, -0.2) is 34.2 Å². The van der Waals surface area contributed by atoms with Gasteiger partial charge in [-0.25, -0.2) is 0 Å². The van der Waals surface area contributed by atoms with Crippen LogP contribution in [-0.2, 0) is 20.0 Å². The van der Waals surface area contributed by atoms with Crippen LogP contribution in [0.5, 0.6) is 5.75 Å². The molecule has 0 saturated carbocycles. The Bertz CT molecular complexity index is 944. The van der Waals surface area contributed by atoms with E-state index in [4.69, 9.17) is 4.74 Å². The van der Waals surface area contributed by atoms with Crippen LogP contribution in [0.15, 0.2) is 54.6 Å². The predicted octanol–water partition coefficient (Wildman–Crippen LogP) is 3.29. The van der Waals surface area contributed by atoms with Crippen molar-refractivity contribution in [3.63, 3.8) is 0 Å². The molecule has 2 aromatic carbocycles. The average molecular weight is 347 g/mol. The lowest BCUT2D eigenvalue weighted by atomic mass is 10.00. The number of ether oxygens (including phenoxy) is 1. The van der Waals surface area contributed by atoms with Crippen molar-refractivity contribution in [1.29, 1.82) is 0 Å². The highest BCUT2D eigenvalue weighted by atomic mass is 16.5. The molecule has 132 valence electrons. The molecule has 0 saturated heterocycles. The van der Waals surface area contributed by atoms with Crippen LogP contribution in [0, 0.1) is 0 Å². The molecular weight excluding hydrogens is 326 g/mol. The molecule has 0 bridgehead atoms. The maximum Gasteiger partial charge on any atom is 0.274 e. The number of aryl methyl sites for hydroxylation is 1. The summed E-state index contributed by atoms with van der Waals surface area (Å²) < 4.78 is 6.96. The quantitative estimate of drug-likeness (QED) is 0.730. The smallest absolute Gasteiger partial charge is 0.274 e. The summed E-state index contributed by atoms with van der Waals surface area (Å²) in [6.45, 7) is 1.37. The second-order valence-corrected chi connectivity index (χ2v) is 6.51. The molecule has 5 nitrogen and oxygen atoms in total. The highest BCUT2D eigenvalue weighted by molar-refractivity contribution is 5.93. The summed E-state index contributed by atoms with van der Waals surface area (Å²) in [6, 6.07) is 17.9. The van der Waals surface area contributed by atoms with E-state index >= 15 is 0 Å². The first kappa shape index (κ1) is 16.4. The Morgan fingerprint density at radius 1 is 1.08 bits per heavy atom. The lowest BCUT2D eigenvalue weighted by Gasteiger charge is -2.28. The van der Waals surface area contributed by atoms with Gasteiger partial charge in [0.25, 0.3) is 5.91 Å². The second kappa shape index (κ2) is 6.67. The first-order valence-corrected chi connectivity index (χ1v) is 8.70. The molecule has 0 fully saturated rings. The van der Waals surface area contributed by atoms with Crippen molar-refractivity contribution in [2.24, 2.45) is 7.05 Å². The number of carbonyl (C=O) groups is 1. The Labute approximate surface area is 152 Å². The van der Waals surface area contributed by atoms with Gasteiger partial charge in [-0.1, -0.05) is 24.3 Å². The molecule has 0 unspecified atom stereocenters. The van der Waals surface area contributed by atoms with Gasteiger partial charge in [0.05, 0.1) is 12.8 Å². The van der Waals surface area contributed by atoms with E-state index in [9.17, 15) is 4.79 Å². The highest BCUT2D eigenvalue weighted by Gasteiger charge is 2.24. The van der Waals surface area contributed by atoms with E-state index in [0.29, 0.717) is 12.2 Å². The van der Waals surface area contributed by atoms with Crippen LogP contribution in [0.4, 0.5) is 0 Å². The van der Waals surface area contributed by atoms with Crippen LogP contribution in [0.2, 0.25) is 0 Å². The van der Waals surface area contributed by atoms with Crippen LogP contribution >= 0.6 is 0 Å². The summed E-state index contributed by atoms with van der Waals surface area (Å²) in [5.74, 6) is 0.786. The predicted molar refractivity (Wildman–Crippen MR) is 100 cm³/mol. The first-order valence-electron chi connectivity index (χ1n) is 8.70. The Kier molecular flexibility index (Phi) is 4.21. The number of hydrogen-bond donors (Lipinski definition) is 0. The van der Waals surface area contributed by atoms with E-state index in [2.05, 4.69) is 23.3 Å². The van der Waals surface area contributed by atoms with Crippen LogP contribution in [0.1, 0.15) is 21.6 Å². The van der Waals surface area contributed by atoms with Crippen molar-refractivity contribution in [3.8, 4) is 17.0 Å². The summed E-state index contributed by atoms with van der Waals surface area (Å²) in [4.78, 5) is 14.8. The van der Waals surface area contributed by atoms with Gasteiger partial charge in [0.2, 0.25) is 0 Å². The van der Waals surface area contributed by atoms with Crippen LogP contribution in [0.25, 0.3) is 11.3 Å². The number of hydrogen-bond acceptors (Lipinski definition) is 3. The third-order valence-corrected chi connectivity index (χ3v) is 4.90. The fraction of sp³-hybridized carbons (Fsp3) is 0.238. The second-order valence-electron chi connectivity index (χ2n) is 6.51. The molecule has 1 amide bonds. The highest BCUT2D eigenvalue weighted by Crippen LogP contribution is 2.25. The van der Waals surface area contributed by atoms with Gasteiger partial charge in [-0.3, -0.25) is 9.48 Å². The molecule has 1 aliphatic rings. The minimum atomic E-state index is -0.0186. The van der Waals surface area contributed by atoms with E-state index in [-0.39, 0.29) is 5.91 Å². The SMILES string of the molecule is COc1ccc(-c2cc(C(=O)N3CCc4ccccc4C3)nn2C)cc1. The minimum absolute atomic E-state index is 0.0186. The monoisotopic (exact) mass is 347 g/mol. The normalized spacial score (nSPS) is 13.4. The van der Waals surface area contributed by atoms with Gasteiger partial charge in [0, 0.05) is 25.7 Å². The molecule has 0 radical (unpaired) electrons. The van der Waals surface area contributed by atoms with E-state index in [0.717, 1.165) is 30.0 Å². The minimum Gasteiger partial charge on any atom is -0.497 e. The maximum atomic E-state index is 12.9. The summed E-state index contributed by atoms with van der Waals surface area (Å²) in [6.07, 6.45) is 0.889. The Morgan fingerprint density at radius 3 is 2.54 bits per heavy atom. The van der Waals surface area contributed by atoms with Gasteiger partial charge >= 0.3 is 0 Å². The number of fused-ring (bicyclic) bond motifs is 1. The van der Waals surface area contributed by atoms with Crippen molar-refractivity contribution in [1.82, 2.24) is 14.7 Å². The Morgan fingerprint density at radius 2 is 1.81 bits per heavy atom. The number of rotatable bonds is 3. The summed E-state index contributed by atoms with van der Waals surface area (Å²) in [7, 11) is 3.51. The molecule has 0 aliphatic carbocycles.